The first-order valence-corrected chi connectivity index (χ1v) is 9.49. The number of para-hydroxylation sites is 1. The molecule has 0 aliphatic carbocycles. The quantitative estimate of drug-likeness (QED) is 0.491. The summed E-state index contributed by atoms with van der Waals surface area (Å²) >= 11 is 5.30. The number of carbonyl (C=O) groups is 1. The van der Waals surface area contributed by atoms with Gasteiger partial charge in [-0.05, 0) is 53.7 Å². The fourth-order valence-corrected chi connectivity index (χ4v) is 3.17. The molecule has 2 N–H and O–H groups in total. The summed E-state index contributed by atoms with van der Waals surface area (Å²) < 4.78 is 1.58. The number of aromatic nitrogens is 2. The second kappa shape index (κ2) is 8.50. The smallest absolute Gasteiger partial charge is 0.276 e. The number of hydrogen-bond donors (Lipinski definition) is 2. The SMILES string of the molecule is O=C(NC(=S)Nc1ccc(-c2ccccc2)cc1)c1ccnn1-c1ccccc1. The number of nitrogens with zero attached hydrogens (tertiary/aromatic N) is 2. The number of benzene rings is 3. The molecule has 0 unspecified atom stereocenters. The molecule has 0 spiro atoms. The summed E-state index contributed by atoms with van der Waals surface area (Å²) in [7, 11) is 0. The average molecular weight is 398 g/mol. The van der Waals surface area contributed by atoms with E-state index in [9.17, 15) is 4.79 Å². The van der Waals surface area contributed by atoms with Gasteiger partial charge in [0, 0.05) is 5.69 Å². The van der Waals surface area contributed by atoms with Crippen LogP contribution in [0.2, 0.25) is 0 Å². The van der Waals surface area contributed by atoms with Crippen molar-refractivity contribution >= 4 is 28.9 Å². The van der Waals surface area contributed by atoms with E-state index in [2.05, 4.69) is 27.9 Å². The van der Waals surface area contributed by atoms with E-state index in [0.717, 1.165) is 22.5 Å². The molecule has 0 aliphatic rings. The van der Waals surface area contributed by atoms with Gasteiger partial charge in [0.05, 0.1) is 11.9 Å². The van der Waals surface area contributed by atoms with E-state index in [4.69, 9.17) is 12.2 Å². The van der Waals surface area contributed by atoms with Crippen LogP contribution in [0.4, 0.5) is 5.69 Å². The third-order valence-corrected chi connectivity index (χ3v) is 4.56. The Balaban J connectivity index is 1.42. The second-order valence-electron chi connectivity index (χ2n) is 6.32. The van der Waals surface area contributed by atoms with Gasteiger partial charge in [0.1, 0.15) is 5.69 Å². The number of hydrogen-bond acceptors (Lipinski definition) is 3. The summed E-state index contributed by atoms with van der Waals surface area (Å²) in [5.74, 6) is -0.329. The molecule has 29 heavy (non-hydrogen) atoms. The van der Waals surface area contributed by atoms with Crippen molar-refractivity contribution in [1.29, 1.82) is 0 Å². The van der Waals surface area contributed by atoms with Crippen LogP contribution in [0.15, 0.2) is 97.2 Å². The first-order chi connectivity index (χ1) is 14.2. The Morgan fingerprint density at radius 1 is 0.793 bits per heavy atom. The van der Waals surface area contributed by atoms with Gasteiger partial charge >= 0.3 is 0 Å². The second-order valence-corrected chi connectivity index (χ2v) is 6.72. The van der Waals surface area contributed by atoms with Crippen LogP contribution in [0.1, 0.15) is 10.5 Å². The Labute approximate surface area is 174 Å². The van der Waals surface area contributed by atoms with Crippen molar-refractivity contribution in [2.45, 2.75) is 0 Å². The molecule has 4 aromatic rings. The summed E-state index contributed by atoms with van der Waals surface area (Å²) in [6, 6.07) is 29.1. The van der Waals surface area contributed by atoms with Crippen molar-refractivity contribution in [2.24, 2.45) is 0 Å². The molecule has 0 fully saturated rings. The highest BCUT2D eigenvalue weighted by molar-refractivity contribution is 7.80. The molecule has 3 aromatic carbocycles. The van der Waals surface area contributed by atoms with Gasteiger partial charge in [-0.15, -0.1) is 0 Å². The first kappa shape index (κ1) is 18.6. The van der Waals surface area contributed by atoms with E-state index in [0.29, 0.717) is 5.69 Å². The molecular formula is C23H18N4OS. The lowest BCUT2D eigenvalue weighted by molar-refractivity contribution is 0.0970. The minimum absolute atomic E-state index is 0.225. The lowest BCUT2D eigenvalue weighted by atomic mass is 10.1. The summed E-state index contributed by atoms with van der Waals surface area (Å²) in [4.78, 5) is 12.6. The van der Waals surface area contributed by atoms with E-state index < -0.39 is 0 Å². The van der Waals surface area contributed by atoms with Crippen LogP contribution in [0.25, 0.3) is 16.8 Å². The topological polar surface area (TPSA) is 59.0 Å². The van der Waals surface area contributed by atoms with Crippen LogP contribution in [-0.2, 0) is 0 Å². The van der Waals surface area contributed by atoms with Crippen LogP contribution >= 0.6 is 12.2 Å². The molecule has 0 radical (unpaired) electrons. The summed E-state index contributed by atoms with van der Waals surface area (Å²) in [5, 5.41) is 10.2. The molecule has 5 nitrogen and oxygen atoms in total. The molecule has 0 saturated carbocycles. The number of nitrogens with one attached hydrogen (secondary N) is 2. The van der Waals surface area contributed by atoms with E-state index in [1.807, 2.05) is 72.8 Å². The first-order valence-electron chi connectivity index (χ1n) is 9.08. The van der Waals surface area contributed by atoms with Crippen molar-refractivity contribution < 1.29 is 4.79 Å². The van der Waals surface area contributed by atoms with Gasteiger partial charge < -0.3 is 5.32 Å². The molecule has 1 heterocycles. The zero-order chi connectivity index (χ0) is 20.1. The molecule has 0 bridgehead atoms. The van der Waals surface area contributed by atoms with Crippen LogP contribution in [0, 0.1) is 0 Å². The largest absolute Gasteiger partial charge is 0.332 e. The molecule has 4 rings (SSSR count). The normalized spacial score (nSPS) is 10.3. The Morgan fingerprint density at radius 3 is 2.10 bits per heavy atom. The Bertz CT molecular complexity index is 1120. The number of rotatable bonds is 4. The lowest BCUT2D eigenvalue weighted by Crippen LogP contribution is -2.35. The average Bonchev–Trinajstić information content (AvgIpc) is 3.26. The third kappa shape index (κ3) is 4.39. The minimum Gasteiger partial charge on any atom is -0.332 e. The monoisotopic (exact) mass is 398 g/mol. The zero-order valence-corrected chi connectivity index (χ0v) is 16.3. The maximum atomic E-state index is 12.6. The Kier molecular flexibility index (Phi) is 5.45. The van der Waals surface area contributed by atoms with E-state index in [-0.39, 0.29) is 11.0 Å². The predicted molar refractivity (Wildman–Crippen MR) is 119 cm³/mol. The fraction of sp³-hybridized carbons (Fsp3) is 0. The van der Waals surface area contributed by atoms with Crippen molar-refractivity contribution in [1.82, 2.24) is 15.1 Å². The van der Waals surface area contributed by atoms with Gasteiger partial charge in [-0.2, -0.15) is 5.10 Å². The Hall–Kier alpha value is -3.77. The third-order valence-electron chi connectivity index (χ3n) is 4.35. The molecular weight excluding hydrogens is 380 g/mol. The van der Waals surface area contributed by atoms with E-state index in [1.54, 1.807) is 16.9 Å². The van der Waals surface area contributed by atoms with E-state index >= 15 is 0 Å². The highest BCUT2D eigenvalue weighted by Gasteiger charge is 2.14. The van der Waals surface area contributed by atoms with Crippen molar-refractivity contribution in [3.8, 4) is 16.8 Å². The van der Waals surface area contributed by atoms with Crippen LogP contribution in [-0.4, -0.2) is 20.8 Å². The lowest BCUT2D eigenvalue weighted by Gasteiger charge is -2.11. The maximum Gasteiger partial charge on any atom is 0.276 e. The number of thiocarbonyl (C=S) groups is 1. The Morgan fingerprint density at radius 2 is 1.41 bits per heavy atom. The van der Waals surface area contributed by atoms with Crippen LogP contribution < -0.4 is 10.6 Å². The molecule has 0 atom stereocenters. The maximum absolute atomic E-state index is 12.6. The molecule has 142 valence electrons. The molecule has 6 heteroatoms. The molecule has 1 amide bonds. The summed E-state index contributed by atoms with van der Waals surface area (Å²) in [5.41, 5.74) is 4.26. The standard InChI is InChI=1S/C23H18N4OS/c28-22(21-15-16-24-27(21)20-9-5-2-6-10-20)26-23(29)25-19-13-11-18(12-14-19)17-7-3-1-4-8-17/h1-16H,(H2,25,26,28,29). The van der Waals surface area contributed by atoms with Gasteiger partial charge in [-0.1, -0.05) is 60.7 Å². The summed E-state index contributed by atoms with van der Waals surface area (Å²) in [6.45, 7) is 0. The van der Waals surface area contributed by atoms with Crippen molar-refractivity contribution in [2.75, 3.05) is 5.32 Å². The zero-order valence-electron chi connectivity index (χ0n) is 15.4. The molecule has 0 aliphatic heterocycles. The van der Waals surface area contributed by atoms with Gasteiger partial charge in [0.25, 0.3) is 5.91 Å². The number of anilines is 1. The predicted octanol–water partition coefficient (Wildman–Crippen LogP) is 4.67. The van der Waals surface area contributed by atoms with Gasteiger partial charge in [-0.25, -0.2) is 4.68 Å². The number of amides is 1. The highest BCUT2D eigenvalue weighted by Crippen LogP contribution is 2.21. The van der Waals surface area contributed by atoms with E-state index in [1.165, 1.54) is 0 Å². The number of carbonyl (C=O) groups excluding carboxylic acids is 1. The van der Waals surface area contributed by atoms with Gasteiger partial charge in [0.15, 0.2) is 5.11 Å². The van der Waals surface area contributed by atoms with Gasteiger partial charge in [-0.3, -0.25) is 10.1 Å². The highest BCUT2D eigenvalue weighted by atomic mass is 32.1. The molecule has 0 saturated heterocycles. The van der Waals surface area contributed by atoms with Gasteiger partial charge in [0.2, 0.25) is 0 Å². The summed E-state index contributed by atoms with van der Waals surface area (Å²) in [6.07, 6.45) is 1.58. The van der Waals surface area contributed by atoms with Crippen LogP contribution in [0.5, 0.6) is 0 Å². The van der Waals surface area contributed by atoms with Crippen molar-refractivity contribution in [3.63, 3.8) is 0 Å². The minimum atomic E-state index is -0.329. The van der Waals surface area contributed by atoms with Crippen molar-refractivity contribution in [3.05, 3.63) is 103 Å². The fourth-order valence-electron chi connectivity index (χ4n) is 2.96. The molecule has 1 aromatic heterocycles. The van der Waals surface area contributed by atoms with Crippen LogP contribution in [0.3, 0.4) is 0 Å².